The van der Waals surface area contributed by atoms with Crippen LogP contribution in [0.3, 0.4) is 0 Å². The molecule has 0 saturated carbocycles. The molecule has 2 aliphatic heterocycles. The molecule has 0 bridgehead atoms. The van der Waals surface area contributed by atoms with Crippen LogP contribution in [0, 0.1) is 0 Å². The maximum Gasteiger partial charge on any atom is 0.150 e. The third-order valence-corrected chi connectivity index (χ3v) is 6.60. The standard InChI is InChI=1S/C16H24N2O2S/c1-16(14-5-3-2-4-6-14)13-18(10-9-17-16)15-7-11-21(19,20)12-8-15/h2-6,15,17H,7-13H2,1H3. The normalized spacial score (nSPS) is 31.1. The molecule has 2 saturated heterocycles. The molecule has 0 amide bonds. The van der Waals surface area contributed by atoms with Gasteiger partial charge in [0.05, 0.1) is 17.0 Å². The molecule has 1 aromatic carbocycles. The molecular weight excluding hydrogens is 284 g/mol. The van der Waals surface area contributed by atoms with Crippen molar-refractivity contribution < 1.29 is 8.42 Å². The number of sulfone groups is 1. The minimum atomic E-state index is -2.78. The summed E-state index contributed by atoms with van der Waals surface area (Å²) in [6.45, 7) is 5.15. The maximum atomic E-state index is 11.6. The van der Waals surface area contributed by atoms with Gasteiger partial charge < -0.3 is 5.32 Å². The number of hydrogen-bond donors (Lipinski definition) is 1. The topological polar surface area (TPSA) is 49.4 Å². The number of hydrogen-bond acceptors (Lipinski definition) is 4. The molecule has 2 aliphatic rings. The molecule has 3 rings (SSSR count). The van der Waals surface area contributed by atoms with Crippen LogP contribution in [0.1, 0.15) is 25.3 Å². The molecule has 5 heteroatoms. The molecule has 4 nitrogen and oxygen atoms in total. The van der Waals surface area contributed by atoms with E-state index in [1.54, 1.807) is 0 Å². The number of nitrogens with zero attached hydrogens (tertiary/aromatic N) is 1. The van der Waals surface area contributed by atoms with E-state index in [0.29, 0.717) is 17.5 Å². The molecule has 1 N–H and O–H groups in total. The molecule has 116 valence electrons. The molecule has 0 aromatic heterocycles. The zero-order valence-corrected chi connectivity index (χ0v) is 13.4. The van der Waals surface area contributed by atoms with Crippen LogP contribution in [0.4, 0.5) is 0 Å². The van der Waals surface area contributed by atoms with Crippen LogP contribution in [-0.4, -0.2) is 50.5 Å². The summed E-state index contributed by atoms with van der Waals surface area (Å²) in [4.78, 5) is 2.48. The first-order chi connectivity index (χ1) is 9.99. The van der Waals surface area contributed by atoms with Crippen LogP contribution >= 0.6 is 0 Å². The fourth-order valence-electron chi connectivity index (χ4n) is 3.57. The Morgan fingerprint density at radius 1 is 1.19 bits per heavy atom. The average Bonchev–Trinajstić information content (AvgIpc) is 2.48. The number of piperazine rings is 1. The van der Waals surface area contributed by atoms with Gasteiger partial charge in [-0.3, -0.25) is 4.90 Å². The van der Waals surface area contributed by atoms with Gasteiger partial charge in [-0.15, -0.1) is 0 Å². The fraction of sp³-hybridized carbons (Fsp3) is 0.625. The van der Waals surface area contributed by atoms with Crippen molar-refractivity contribution in [1.29, 1.82) is 0 Å². The van der Waals surface area contributed by atoms with E-state index in [-0.39, 0.29) is 5.54 Å². The minimum Gasteiger partial charge on any atom is -0.305 e. The highest BCUT2D eigenvalue weighted by Gasteiger charge is 2.36. The van der Waals surface area contributed by atoms with Crippen molar-refractivity contribution in [3.05, 3.63) is 35.9 Å². The Morgan fingerprint density at radius 2 is 1.86 bits per heavy atom. The van der Waals surface area contributed by atoms with Crippen LogP contribution in [-0.2, 0) is 15.4 Å². The summed E-state index contributed by atoms with van der Waals surface area (Å²) in [7, 11) is -2.78. The van der Waals surface area contributed by atoms with Gasteiger partial charge in [0, 0.05) is 25.7 Å². The van der Waals surface area contributed by atoms with E-state index < -0.39 is 9.84 Å². The van der Waals surface area contributed by atoms with E-state index in [0.717, 1.165) is 32.5 Å². The predicted octanol–water partition coefficient (Wildman–Crippen LogP) is 1.38. The van der Waals surface area contributed by atoms with Gasteiger partial charge in [-0.25, -0.2) is 8.42 Å². The van der Waals surface area contributed by atoms with Gasteiger partial charge in [0.25, 0.3) is 0 Å². The van der Waals surface area contributed by atoms with Gasteiger partial charge in [0.15, 0.2) is 0 Å². The van der Waals surface area contributed by atoms with Crippen molar-refractivity contribution >= 4 is 9.84 Å². The van der Waals surface area contributed by atoms with Crippen LogP contribution in [0.2, 0.25) is 0 Å². The zero-order chi connectivity index (χ0) is 14.9. The summed E-state index contributed by atoms with van der Waals surface area (Å²) in [5.41, 5.74) is 1.26. The van der Waals surface area contributed by atoms with Crippen LogP contribution in [0.15, 0.2) is 30.3 Å². The van der Waals surface area contributed by atoms with Crippen LogP contribution in [0.25, 0.3) is 0 Å². The SMILES string of the molecule is CC1(c2ccccc2)CN(C2CCS(=O)(=O)CC2)CCN1. The van der Waals surface area contributed by atoms with Gasteiger partial charge in [-0.05, 0) is 25.3 Å². The highest BCUT2D eigenvalue weighted by Crippen LogP contribution is 2.28. The second kappa shape index (κ2) is 5.71. The Kier molecular flexibility index (Phi) is 4.08. The number of benzene rings is 1. The summed E-state index contributed by atoms with van der Waals surface area (Å²) < 4.78 is 23.2. The van der Waals surface area contributed by atoms with E-state index in [1.807, 2.05) is 6.07 Å². The van der Waals surface area contributed by atoms with Crippen molar-refractivity contribution in [2.75, 3.05) is 31.1 Å². The minimum absolute atomic E-state index is 0.0458. The third-order valence-electron chi connectivity index (χ3n) is 4.88. The first-order valence-electron chi connectivity index (χ1n) is 7.74. The largest absolute Gasteiger partial charge is 0.305 e. The molecule has 2 heterocycles. The molecule has 0 spiro atoms. The third kappa shape index (κ3) is 3.30. The van der Waals surface area contributed by atoms with E-state index >= 15 is 0 Å². The summed E-state index contributed by atoms with van der Waals surface area (Å²) in [5, 5.41) is 3.64. The number of nitrogens with one attached hydrogen (secondary N) is 1. The van der Waals surface area contributed by atoms with Crippen LogP contribution < -0.4 is 5.32 Å². The lowest BCUT2D eigenvalue weighted by Crippen LogP contribution is -2.59. The molecule has 2 fully saturated rings. The molecule has 1 aromatic rings. The summed E-state index contributed by atoms with van der Waals surface area (Å²) >= 11 is 0. The lowest BCUT2D eigenvalue weighted by molar-refractivity contribution is 0.0936. The molecule has 21 heavy (non-hydrogen) atoms. The molecular formula is C16H24N2O2S. The highest BCUT2D eigenvalue weighted by molar-refractivity contribution is 7.91. The van der Waals surface area contributed by atoms with Crippen molar-refractivity contribution in [1.82, 2.24) is 10.2 Å². The Bertz CT molecular complexity index is 574. The molecule has 0 radical (unpaired) electrons. The van der Waals surface area contributed by atoms with Crippen LogP contribution in [0.5, 0.6) is 0 Å². The lowest BCUT2D eigenvalue weighted by Gasteiger charge is -2.46. The predicted molar refractivity (Wildman–Crippen MR) is 85.0 cm³/mol. The Hall–Kier alpha value is -0.910. The van der Waals surface area contributed by atoms with Crippen molar-refractivity contribution in [3.8, 4) is 0 Å². The monoisotopic (exact) mass is 308 g/mol. The fourth-order valence-corrected chi connectivity index (χ4v) is 5.04. The van der Waals surface area contributed by atoms with Crippen molar-refractivity contribution in [3.63, 3.8) is 0 Å². The van der Waals surface area contributed by atoms with E-state index in [2.05, 4.69) is 41.4 Å². The molecule has 1 unspecified atom stereocenters. The first kappa shape index (κ1) is 15.0. The summed E-state index contributed by atoms with van der Waals surface area (Å²) in [6.07, 6.45) is 1.57. The van der Waals surface area contributed by atoms with E-state index in [1.165, 1.54) is 5.56 Å². The maximum absolute atomic E-state index is 11.6. The lowest BCUT2D eigenvalue weighted by atomic mass is 9.88. The first-order valence-corrected chi connectivity index (χ1v) is 9.56. The summed E-state index contributed by atoms with van der Waals surface area (Å²) in [6, 6.07) is 10.9. The van der Waals surface area contributed by atoms with Crippen molar-refractivity contribution in [2.24, 2.45) is 0 Å². The second-order valence-electron chi connectivity index (χ2n) is 6.48. The Labute approximate surface area is 127 Å². The van der Waals surface area contributed by atoms with Crippen molar-refractivity contribution in [2.45, 2.75) is 31.3 Å². The second-order valence-corrected chi connectivity index (χ2v) is 8.78. The zero-order valence-electron chi connectivity index (χ0n) is 12.6. The van der Waals surface area contributed by atoms with E-state index in [9.17, 15) is 8.42 Å². The quantitative estimate of drug-likeness (QED) is 0.897. The molecule has 1 atom stereocenters. The molecule has 0 aliphatic carbocycles. The average molecular weight is 308 g/mol. The van der Waals surface area contributed by atoms with Gasteiger partial charge >= 0.3 is 0 Å². The smallest absolute Gasteiger partial charge is 0.150 e. The summed E-state index contributed by atoms with van der Waals surface area (Å²) in [5.74, 6) is 0.702. The number of rotatable bonds is 2. The van der Waals surface area contributed by atoms with Gasteiger partial charge in [-0.1, -0.05) is 30.3 Å². The highest BCUT2D eigenvalue weighted by atomic mass is 32.2. The van der Waals surface area contributed by atoms with Gasteiger partial charge in [-0.2, -0.15) is 0 Å². The Balaban J connectivity index is 1.72. The Morgan fingerprint density at radius 3 is 2.52 bits per heavy atom. The van der Waals surface area contributed by atoms with Gasteiger partial charge in [0.2, 0.25) is 0 Å². The van der Waals surface area contributed by atoms with E-state index in [4.69, 9.17) is 0 Å². The van der Waals surface area contributed by atoms with Gasteiger partial charge in [0.1, 0.15) is 9.84 Å².